The number of halogens is 2. The van der Waals surface area contributed by atoms with Gasteiger partial charge in [0.2, 0.25) is 0 Å². The van der Waals surface area contributed by atoms with E-state index in [2.05, 4.69) is 103 Å². The second kappa shape index (κ2) is 10.7. The Bertz CT molecular complexity index is 1120. The molecule has 0 fully saturated rings. The quantitative estimate of drug-likeness (QED) is 0.230. The van der Waals surface area contributed by atoms with Crippen LogP contribution in [-0.2, 0) is 25.8 Å². The fourth-order valence-electron chi connectivity index (χ4n) is 5.70. The van der Waals surface area contributed by atoms with Gasteiger partial charge in [-0.2, -0.15) is 10.4 Å². The smallest absolute Gasteiger partial charge is 1.00 e. The SMILES string of the molecule is Cc1[cH-]c2cccc(C(C)C)c2c1[Si](C)(C)c1c(C)[cH-]c2cccc(C(C)C)c12.[Cl-].[Cl-].[Hf+4]. The fourth-order valence-corrected chi connectivity index (χ4v) is 9.89. The van der Waals surface area contributed by atoms with Crippen molar-refractivity contribution in [1.82, 2.24) is 0 Å². The van der Waals surface area contributed by atoms with Crippen LogP contribution in [0, 0.1) is 13.8 Å². The first kappa shape index (κ1) is 29.4. The molecule has 0 heterocycles. The van der Waals surface area contributed by atoms with Crippen LogP contribution in [0.25, 0.3) is 21.5 Å². The van der Waals surface area contributed by atoms with E-state index < -0.39 is 8.07 Å². The number of fused-ring (bicyclic) bond motifs is 2. The minimum atomic E-state index is -1.92. The first-order chi connectivity index (χ1) is 13.6. The van der Waals surface area contributed by atoms with E-state index in [9.17, 15) is 0 Å². The maximum absolute atomic E-state index is 2.57. The zero-order valence-electron chi connectivity index (χ0n) is 20.5. The van der Waals surface area contributed by atoms with Gasteiger partial charge in [0, 0.05) is 8.07 Å². The number of hydrogen-bond acceptors (Lipinski definition) is 0. The molecule has 0 spiro atoms. The van der Waals surface area contributed by atoms with Gasteiger partial charge in [-0.3, -0.25) is 0 Å². The van der Waals surface area contributed by atoms with Gasteiger partial charge in [-0.1, -0.05) is 77.9 Å². The van der Waals surface area contributed by atoms with Crippen LogP contribution in [0.3, 0.4) is 0 Å². The molecule has 0 aliphatic heterocycles. The molecule has 0 saturated heterocycles. The first-order valence-electron chi connectivity index (χ1n) is 11.0. The van der Waals surface area contributed by atoms with Gasteiger partial charge >= 0.3 is 25.8 Å². The van der Waals surface area contributed by atoms with Gasteiger partial charge in [-0.05, 0) is 11.8 Å². The Morgan fingerprint density at radius 3 is 1.31 bits per heavy atom. The number of benzene rings is 2. The molecule has 0 atom stereocenters. The van der Waals surface area contributed by atoms with Crippen molar-refractivity contribution in [2.75, 3.05) is 0 Å². The van der Waals surface area contributed by atoms with Crippen molar-refractivity contribution in [2.24, 2.45) is 0 Å². The van der Waals surface area contributed by atoms with Crippen LogP contribution >= 0.6 is 0 Å². The van der Waals surface area contributed by atoms with Crippen molar-refractivity contribution >= 4 is 40.0 Å². The molecule has 4 aromatic carbocycles. The zero-order chi connectivity index (χ0) is 21.1. The first-order valence-corrected chi connectivity index (χ1v) is 14.0. The van der Waals surface area contributed by atoms with Crippen LogP contribution in [-0.4, -0.2) is 8.07 Å². The normalized spacial score (nSPS) is 11.6. The average molecular weight is 648 g/mol. The number of aryl methyl sites for hydroxylation is 2. The summed E-state index contributed by atoms with van der Waals surface area (Å²) < 4.78 is 0. The Kier molecular flexibility index (Phi) is 9.84. The standard InChI is InChI=1S/C28H34Si.2ClH.Hf/c1-17(2)23-13-9-11-21-15-19(5)27(25(21)23)29(7,8)28-20(6)16-22-12-10-14-24(18(3)4)26(22)28;;;/h9-18H,1-8H3;2*1H;/q-2;;;+4/p-2. The van der Waals surface area contributed by atoms with Crippen LogP contribution in [0.5, 0.6) is 0 Å². The van der Waals surface area contributed by atoms with E-state index in [4.69, 9.17) is 0 Å². The van der Waals surface area contributed by atoms with E-state index in [1.165, 1.54) is 43.8 Å². The minimum absolute atomic E-state index is 0. The summed E-state index contributed by atoms with van der Waals surface area (Å²) in [5.41, 5.74) is 5.95. The van der Waals surface area contributed by atoms with E-state index in [1.807, 2.05) is 0 Å². The van der Waals surface area contributed by atoms with Gasteiger partial charge < -0.3 is 24.8 Å². The van der Waals surface area contributed by atoms with Gasteiger partial charge in [-0.15, -0.1) is 69.1 Å². The molecule has 0 unspecified atom stereocenters. The summed E-state index contributed by atoms with van der Waals surface area (Å²) in [5.74, 6) is 1.07. The van der Waals surface area contributed by atoms with Gasteiger partial charge in [0.25, 0.3) is 0 Å². The van der Waals surface area contributed by atoms with Gasteiger partial charge in [-0.25, -0.2) is 0 Å². The summed E-state index contributed by atoms with van der Waals surface area (Å²) in [6.07, 6.45) is 0. The van der Waals surface area contributed by atoms with Crippen LogP contribution in [0.15, 0.2) is 48.5 Å². The molecule has 0 aromatic heterocycles. The number of hydrogen-bond donors (Lipinski definition) is 0. The molecule has 0 aliphatic carbocycles. The van der Waals surface area contributed by atoms with E-state index in [-0.39, 0.29) is 50.7 Å². The van der Waals surface area contributed by atoms with Crippen LogP contribution in [0.1, 0.15) is 61.8 Å². The third kappa shape index (κ3) is 4.63. The molecular formula is C28H34Cl2HfSi. The van der Waals surface area contributed by atoms with Crippen LogP contribution in [0.4, 0.5) is 0 Å². The minimum Gasteiger partial charge on any atom is -1.00 e. The van der Waals surface area contributed by atoms with Crippen molar-refractivity contribution in [3.05, 3.63) is 70.8 Å². The second-order valence-electron chi connectivity index (χ2n) is 9.96. The third-order valence-electron chi connectivity index (χ3n) is 6.78. The van der Waals surface area contributed by atoms with E-state index in [0.717, 1.165) is 0 Å². The molecule has 0 aliphatic rings. The summed E-state index contributed by atoms with van der Waals surface area (Å²) in [5, 5.41) is 9.19. The van der Waals surface area contributed by atoms with Gasteiger partial charge in [0.1, 0.15) is 0 Å². The van der Waals surface area contributed by atoms with Crippen molar-refractivity contribution in [1.29, 1.82) is 0 Å². The Morgan fingerprint density at radius 2 is 1.00 bits per heavy atom. The Labute approximate surface area is 226 Å². The fraction of sp³-hybridized carbons (Fsp3) is 0.357. The molecule has 168 valence electrons. The van der Waals surface area contributed by atoms with Crippen molar-refractivity contribution in [3.63, 3.8) is 0 Å². The van der Waals surface area contributed by atoms with E-state index in [0.29, 0.717) is 11.8 Å². The van der Waals surface area contributed by atoms with Crippen LogP contribution < -0.4 is 35.2 Å². The summed E-state index contributed by atoms with van der Waals surface area (Å²) in [6.45, 7) is 19.1. The second-order valence-corrected chi connectivity index (χ2v) is 14.2. The largest absolute Gasteiger partial charge is 4.00 e. The van der Waals surface area contributed by atoms with Gasteiger partial charge in [0.05, 0.1) is 0 Å². The molecule has 0 N–H and O–H groups in total. The monoisotopic (exact) mass is 648 g/mol. The molecule has 4 heteroatoms. The number of rotatable bonds is 4. The van der Waals surface area contributed by atoms with Crippen molar-refractivity contribution in [3.8, 4) is 0 Å². The molecule has 0 radical (unpaired) electrons. The summed E-state index contributed by atoms with van der Waals surface area (Å²) in [4.78, 5) is 0. The topological polar surface area (TPSA) is 0 Å². The van der Waals surface area contributed by atoms with Crippen molar-refractivity contribution in [2.45, 2.75) is 66.5 Å². The molecule has 0 nitrogen and oxygen atoms in total. The summed E-state index contributed by atoms with van der Waals surface area (Å²) >= 11 is 0. The summed E-state index contributed by atoms with van der Waals surface area (Å²) in [7, 11) is -1.92. The third-order valence-corrected chi connectivity index (χ3v) is 10.6. The van der Waals surface area contributed by atoms with E-state index >= 15 is 0 Å². The molecule has 0 saturated carbocycles. The van der Waals surface area contributed by atoms with Gasteiger partial charge in [0.15, 0.2) is 0 Å². The molecule has 4 aromatic rings. The molecule has 32 heavy (non-hydrogen) atoms. The Balaban J connectivity index is 0.00000171. The molecular weight excluding hydrogens is 614 g/mol. The molecule has 0 bridgehead atoms. The predicted molar refractivity (Wildman–Crippen MR) is 133 cm³/mol. The molecule has 0 amide bonds. The van der Waals surface area contributed by atoms with E-state index in [1.54, 1.807) is 10.4 Å². The maximum Gasteiger partial charge on any atom is 4.00 e. The van der Waals surface area contributed by atoms with Crippen LogP contribution in [0.2, 0.25) is 13.1 Å². The Morgan fingerprint density at radius 1 is 0.656 bits per heavy atom. The summed E-state index contributed by atoms with van der Waals surface area (Å²) in [6, 6.07) is 18.6. The maximum atomic E-state index is 2.57. The average Bonchev–Trinajstić information content (AvgIpc) is 3.16. The molecule has 4 rings (SSSR count). The van der Waals surface area contributed by atoms with Crippen molar-refractivity contribution < 1.29 is 50.7 Å². The zero-order valence-corrected chi connectivity index (χ0v) is 26.6. The predicted octanol–water partition coefficient (Wildman–Crippen LogP) is 1.12. The Hall–Kier alpha value is -0.673.